The highest BCUT2D eigenvalue weighted by Gasteiger charge is 2.44. The van der Waals surface area contributed by atoms with Crippen molar-refractivity contribution in [2.45, 2.75) is 70.9 Å². The minimum absolute atomic E-state index is 0.295. The molecule has 2 aromatic carbocycles. The fourth-order valence-electron chi connectivity index (χ4n) is 7.60. The molecule has 0 spiro atoms. The van der Waals surface area contributed by atoms with Gasteiger partial charge >= 0.3 is 0 Å². The average molecular weight is 596 g/mol. The third-order valence-corrected chi connectivity index (χ3v) is 10.3. The predicted octanol–water partition coefficient (Wildman–Crippen LogP) is 5.81. The Morgan fingerprint density at radius 2 is 1.48 bits per heavy atom. The molecule has 1 fully saturated rings. The topological polar surface area (TPSA) is 55.4 Å². The smallest absolute Gasteiger partial charge is 0.169 e. The molecule has 7 nitrogen and oxygen atoms in total. The summed E-state index contributed by atoms with van der Waals surface area (Å²) in [6.07, 6.45) is 7.44. The van der Waals surface area contributed by atoms with Crippen molar-refractivity contribution in [1.29, 1.82) is 0 Å². The summed E-state index contributed by atoms with van der Waals surface area (Å²) in [5.74, 6) is 4.32. The third-order valence-electron chi connectivity index (χ3n) is 9.93. The van der Waals surface area contributed by atoms with Gasteiger partial charge in [-0.3, -0.25) is 4.90 Å². The van der Waals surface area contributed by atoms with Crippen molar-refractivity contribution >= 4 is 17.3 Å². The number of nitrogens with zero attached hydrogens (tertiary/aromatic N) is 2. The van der Waals surface area contributed by atoms with Crippen LogP contribution in [0.1, 0.15) is 67.8 Å². The van der Waals surface area contributed by atoms with Gasteiger partial charge in [-0.05, 0) is 103 Å². The lowest BCUT2D eigenvalue weighted by Gasteiger charge is -2.51. The molecule has 3 aliphatic heterocycles. The Hall–Kier alpha value is -2.71. The molecule has 0 aromatic heterocycles. The number of piperidine rings is 1. The van der Waals surface area contributed by atoms with E-state index in [9.17, 15) is 0 Å². The van der Waals surface area contributed by atoms with Crippen molar-refractivity contribution in [2.24, 2.45) is 11.8 Å². The second-order valence-corrected chi connectivity index (χ2v) is 12.4. The van der Waals surface area contributed by atoms with Gasteiger partial charge in [-0.25, -0.2) is 0 Å². The van der Waals surface area contributed by atoms with E-state index < -0.39 is 0 Å². The molecule has 4 unspecified atom stereocenters. The molecule has 2 aromatic rings. The van der Waals surface area contributed by atoms with Crippen molar-refractivity contribution in [2.75, 3.05) is 54.6 Å². The van der Waals surface area contributed by atoms with Crippen LogP contribution in [-0.4, -0.2) is 75.6 Å². The number of hydrogen-bond acceptors (Lipinski definition) is 6. The molecular weight excluding hydrogens is 546 g/mol. The molecule has 0 bridgehead atoms. The van der Waals surface area contributed by atoms with Gasteiger partial charge in [0.15, 0.2) is 28.1 Å². The monoisotopic (exact) mass is 595 g/mol. The molecule has 4 atom stereocenters. The standard InChI is InChI=1S/C34H49N3O4S/c1-7-9-12-35-34(42)37-14-11-23-16-30(38-3)32(40-5)18-25(23)15-29(37)26-19-28-27-20-33(41-6)31(39-4)17-24(27)10-13-36(28)21-22(26)8-2/h16-18,20,22,26,28-29H,7-15,19,21H2,1-6H3,(H,35,42). The maximum Gasteiger partial charge on any atom is 0.169 e. The summed E-state index contributed by atoms with van der Waals surface area (Å²) < 4.78 is 22.9. The van der Waals surface area contributed by atoms with Crippen LogP contribution in [0, 0.1) is 11.8 Å². The number of hydrogen-bond donors (Lipinski definition) is 1. The molecule has 0 aliphatic carbocycles. The van der Waals surface area contributed by atoms with E-state index in [1.54, 1.807) is 28.4 Å². The molecule has 3 aliphatic rings. The first kappa shape index (κ1) is 30.7. The van der Waals surface area contributed by atoms with Crippen LogP contribution in [-0.2, 0) is 19.3 Å². The van der Waals surface area contributed by atoms with Crippen LogP contribution in [0.2, 0.25) is 0 Å². The highest BCUT2D eigenvalue weighted by Crippen LogP contribution is 2.47. The summed E-state index contributed by atoms with van der Waals surface area (Å²) in [6.45, 7) is 8.60. The van der Waals surface area contributed by atoms with Gasteiger partial charge in [0.05, 0.1) is 28.4 Å². The zero-order valence-corrected chi connectivity index (χ0v) is 27.1. The van der Waals surface area contributed by atoms with Crippen molar-refractivity contribution in [3.05, 3.63) is 46.5 Å². The quantitative estimate of drug-likeness (QED) is 0.288. The average Bonchev–Trinajstić information content (AvgIpc) is 3.21. The maximum atomic E-state index is 6.14. The Kier molecular flexibility index (Phi) is 10.0. The number of nitrogens with one attached hydrogen (secondary N) is 1. The SMILES string of the molecule is CCCCNC(=S)N1CCc2cc(OC)c(OC)cc2CC1C1CC2c3cc(OC)c(OC)cc3CCN2CC1CC. The van der Waals surface area contributed by atoms with Crippen LogP contribution in [0.3, 0.4) is 0 Å². The molecule has 8 heteroatoms. The fraction of sp³-hybridized carbons (Fsp3) is 0.618. The molecular formula is C34H49N3O4S. The number of ether oxygens (including phenoxy) is 4. The van der Waals surface area contributed by atoms with E-state index in [0.29, 0.717) is 23.9 Å². The Morgan fingerprint density at radius 3 is 2.12 bits per heavy atom. The molecule has 0 amide bonds. The van der Waals surface area contributed by atoms with Crippen molar-refractivity contribution in [3.63, 3.8) is 0 Å². The summed E-state index contributed by atoms with van der Waals surface area (Å²) >= 11 is 6.14. The first-order chi connectivity index (χ1) is 20.5. The van der Waals surface area contributed by atoms with Crippen LogP contribution in [0.5, 0.6) is 23.0 Å². The zero-order valence-electron chi connectivity index (χ0n) is 26.3. The second-order valence-electron chi connectivity index (χ2n) is 12.0. The zero-order chi connectivity index (χ0) is 29.8. The molecule has 0 saturated carbocycles. The van der Waals surface area contributed by atoms with Gasteiger partial charge in [0, 0.05) is 38.3 Å². The number of rotatable bonds is 9. The van der Waals surface area contributed by atoms with Gasteiger partial charge in [0.1, 0.15) is 0 Å². The third kappa shape index (κ3) is 6.02. The van der Waals surface area contributed by atoms with E-state index in [2.05, 4.69) is 53.2 Å². The summed E-state index contributed by atoms with van der Waals surface area (Å²) in [7, 11) is 6.90. The molecule has 1 N–H and O–H groups in total. The highest BCUT2D eigenvalue weighted by atomic mass is 32.1. The normalized spacial score (nSPS) is 23.6. The lowest BCUT2D eigenvalue weighted by atomic mass is 9.71. The number of unbranched alkanes of at least 4 members (excludes halogenated alkanes) is 1. The number of methoxy groups -OCH3 is 4. The highest BCUT2D eigenvalue weighted by molar-refractivity contribution is 7.80. The lowest BCUT2D eigenvalue weighted by Crippen LogP contribution is -2.56. The Labute approximate surface area is 257 Å². The summed E-state index contributed by atoms with van der Waals surface area (Å²) in [5, 5.41) is 4.52. The number of benzene rings is 2. The van der Waals surface area contributed by atoms with E-state index >= 15 is 0 Å². The van der Waals surface area contributed by atoms with E-state index in [-0.39, 0.29) is 0 Å². The van der Waals surface area contributed by atoms with E-state index in [4.69, 9.17) is 31.2 Å². The Balaban J connectivity index is 1.53. The Bertz CT molecular complexity index is 1250. The Morgan fingerprint density at radius 1 is 0.857 bits per heavy atom. The van der Waals surface area contributed by atoms with Crippen molar-refractivity contribution in [3.8, 4) is 23.0 Å². The van der Waals surface area contributed by atoms with Crippen LogP contribution in [0.25, 0.3) is 0 Å². The molecule has 230 valence electrons. The molecule has 1 saturated heterocycles. The van der Waals surface area contributed by atoms with E-state index in [1.165, 1.54) is 22.3 Å². The largest absolute Gasteiger partial charge is 0.493 e. The summed E-state index contributed by atoms with van der Waals surface area (Å²) in [4.78, 5) is 5.25. The summed E-state index contributed by atoms with van der Waals surface area (Å²) in [5.41, 5.74) is 5.47. The van der Waals surface area contributed by atoms with E-state index in [0.717, 1.165) is 99.2 Å². The maximum absolute atomic E-state index is 6.14. The van der Waals surface area contributed by atoms with E-state index in [1.807, 2.05) is 0 Å². The van der Waals surface area contributed by atoms with Gasteiger partial charge in [0.25, 0.3) is 0 Å². The first-order valence-electron chi connectivity index (χ1n) is 15.7. The minimum atomic E-state index is 0.295. The lowest BCUT2D eigenvalue weighted by molar-refractivity contribution is 0.0189. The van der Waals surface area contributed by atoms with Gasteiger partial charge in [0.2, 0.25) is 0 Å². The van der Waals surface area contributed by atoms with Crippen LogP contribution >= 0.6 is 12.2 Å². The van der Waals surface area contributed by atoms with Gasteiger partial charge in [-0.1, -0.05) is 26.7 Å². The predicted molar refractivity (Wildman–Crippen MR) is 172 cm³/mol. The number of fused-ring (bicyclic) bond motifs is 4. The minimum Gasteiger partial charge on any atom is -0.493 e. The van der Waals surface area contributed by atoms with Gasteiger partial charge in [-0.15, -0.1) is 0 Å². The molecule has 5 rings (SSSR count). The van der Waals surface area contributed by atoms with Crippen LogP contribution in [0.4, 0.5) is 0 Å². The summed E-state index contributed by atoms with van der Waals surface area (Å²) in [6, 6.07) is 9.48. The van der Waals surface area contributed by atoms with Gasteiger partial charge < -0.3 is 29.2 Å². The van der Waals surface area contributed by atoms with Crippen molar-refractivity contribution < 1.29 is 18.9 Å². The first-order valence-corrected chi connectivity index (χ1v) is 16.1. The molecule has 3 heterocycles. The van der Waals surface area contributed by atoms with Crippen LogP contribution in [0.15, 0.2) is 24.3 Å². The van der Waals surface area contributed by atoms with Crippen LogP contribution < -0.4 is 24.3 Å². The van der Waals surface area contributed by atoms with Gasteiger partial charge in [-0.2, -0.15) is 0 Å². The van der Waals surface area contributed by atoms with Crippen molar-refractivity contribution in [1.82, 2.24) is 15.1 Å². The second kappa shape index (κ2) is 13.7. The molecule has 42 heavy (non-hydrogen) atoms. The fourth-order valence-corrected chi connectivity index (χ4v) is 7.93. The number of thiocarbonyl (C=S) groups is 1. The molecule has 0 radical (unpaired) electrons.